The first kappa shape index (κ1) is 21.4. The summed E-state index contributed by atoms with van der Waals surface area (Å²) in [5, 5.41) is 6.13. The molecule has 164 valence electrons. The minimum Gasteiger partial charge on any atom is -0.351 e. The van der Waals surface area contributed by atoms with Crippen molar-refractivity contribution in [3.05, 3.63) is 66.2 Å². The molecular weight excluding hydrogens is 388 g/mol. The van der Waals surface area contributed by atoms with Crippen molar-refractivity contribution in [2.45, 2.75) is 38.3 Å². The van der Waals surface area contributed by atoms with Gasteiger partial charge in [0, 0.05) is 38.4 Å². The first-order valence-electron chi connectivity index (χ1n) is 11.4. The number of carbonyl (C=O) groups excluding carboxylic acids is 2. The molecule has 1 unspecified atom stereocenters. The second kappa shape index (κ2) is 10.4. The van der Waals surface area contributed by atoms with Crippen molar-refractivity contribution in [1.29, 1.82) is 0 Å². The second-order valence-electron chi connectivity index (χ2n) is 8.51. The Morgan fingerprint density at radius 1 is 0.871 bits per heavy atom. The Bertz CT molecular complexity index is 844. The van der Waals surface area contributed by atoms with Crippen LogP contribution < -0.4 is 10.6 Å². The van der Waals surface area contributed by atoms with Gasteiger partial charge in [-0.1, -0.05) is 61.4 Å². The van der Waals surface area contributed by atoms with Crippen molar-refractivity contribution < 1.29 is 9.59 Å². The molecule has 2 N–H and O–H groups in total. The van der Waals surface area contributed by atoms with Gasteiger partial charge in [-0.05, 0) is 36.5 Å². The molecule has 1 saturated carbocycles. The lowest BCUT2D eigenvalue weighted by molar-refractivity contribution is -0.129. The predicted octanol–water partition coefficient (Wildman–Crippen LogP) is 3.71. The van der Waals surface area contributed by atoms with Gasteiger partial charge >= 0.3 is 6.03 Å². The lowest BCUT2D eigenvalue weighted by Crippen LogP contribution is -2.58. The van der Waals surface area contributed by atoms with Gasteiger partial charge in [-0.3, -0.25) is 9.69 Å². The Balaban J connectivity index is 1.34. The number of rotatable bonds is 6. The number of nitrogens with zero attached hydrogens (tertiary/aromatic N) is 2. The molecule has 0 aromatic heterocycles. The van der Waals surface area contributed by atoms with Crippen LogP contribution in [-0.4, -0.2) is 54.0 Å². The molecule has 31 heavy (non-hydrogen) atoms. The van der Waals surface area contributed by atoms with Gasteiger partial charge in [0.25, 0.3) is 0 Å². The molecule has 2 aromatic rings. The number of benzene rings is 2. The van der Waals surface area contributed by atoms with Crippen LogP contribution >= 0.6 is 0 Å². The summed E-state index contributed by atoms with van der Waals surface area (Å²) in [7, 11) is 0. The number of para-hydroxylation sites is 1. The largest absolute Gasteiger partial charge is 0.351 e. The van der Waals surface area contributed by atoms with E-state index in [1.807, 2.05) is 65.6 Å². The van der Waals surface area contributed by atoms with E-state index in [-0.39, 0.29) is 18.0 Å². The zero-order valence-corrected chi connectivity index (χ0v) is 18.0. The van der Waals surface area contributed by atoms with Crippen molar-refractivity contribution in [2.75, 3.05) is 31.5 Å². The molecule has 2 fully saturated rings. The first-order chi connectivity index (χ1) is 15.2. The van der Waals surface area contributed by atoms with Gasteiger partial charge in [-0.25, -0.2) is 4.79 Å². The van der Waals surface area contributed by atoms with Gasteiger partial charge in [-0.2, -0.15) is 0 Å². The third kappa shape index (κ3) is 5.64. The number of carbonyl (C=O) groups is 2. The third-order valence-corrected chi connectivity index (χ3v) is 6.44. The summed E-state index contributed by atoms with van der Waals surface area (Å²) >= 11 is 0. The number of nitrogens with one attached hydrogen (secondary N) is 2. The molecule has 2 aliphatic rings. The third-order valence-electron chi connectivity index (χ3n) is 6.44. The summed E-state index contributed by atoms with van der Waals surface area (Å²) in [5.41, 5.74) is 1.92. The van der Waals surface area contributed by atoms with E-state index in [1.165, 1.54) is 12.8 Å². The summed E-state index contributed by atoms with van der Waals surface area (Å²) in [4.78, 5) is 30.0. The van der Waals surface area contributed by atoms with Crippen molar-refractivity contribution in [2.24, 2.45) is 5.92 Å². The molecule has 6 nitrogen and oxygen atoms in total. The zero-order valence-electron chi connectivity index (χ0n) is 18.0. The van der Waals surface area contributed by atoms with E-state index < -0.39 is 0 Å². The highest BCUT2D eigenvalue weighted by atomic mass is 16.2. The van der Waals surface area contributed by atoms with Gasteiger partial charge in [0.05, 0.1) is 6.04 Å². The molecule has 1 atom stereocenters. The van der Waals surface area contributed by atoms with Gasteiger partial charge in [0.2, 0.25) is 5.91 Å². The van der Waals surface area contributed by atoms with Gasteiger partial charge in [0.1, 0.15) is 0 Å². The zero-order chi connectivity index (χ0) is 21.5. The topological polar surface area (TPSA) is 64.7 Å². The summed E-state index contributed by atoms with van der Waals surface area (Å²) in [6.45, 7) is 3.27. The average Bonchev–Trinajstić information content (AvgIpc) is 3.34. The SMILES string of the molecule is O=C(NCc1ccccc1)C(C1CCCC1)N1CCN(C(=O)Nc2ccccc2)CC1. The standard InChI is InChI=1S/C25H32N4O2/c30-24(26-19-20-9-3-1-4-10-20)23(21-11-7-8-12-21)28-15-17-29(18-16-28)25(31)27-22-13-5-2-6-14-22/h1-6,9-10,13-14,21,23H,7-8,11-12,15-19H2,(H,26,30)(H,27,31). The molecule has 0 spiro atoms. The fourth-order valence-corrected chi connectivity index (χ4v) is 4.77. The highest BCUT2D eigenvalue weighted by Crippen LogP contribution is 2.31. The van der Waals surface area contributed by atoms with Crippen LogP contribution in [0.1, 0.15) is 31.2 Å². The fraction of sp³-hybridized carbons (Fsp3) is 0.440. The molecule has 1 heterocycles. The van der Waals surface area contributed by atoms with Crippen LogP contribution in [0.25, 0.3) is 0 Å². The Morgan fingerprint density at radius 3 is 2.13 bits per heavy atom. The summed E-state index contributed by atoms with van der Waals surface area (Å²) in [6, 6.07) is 19.4. The normalized spacial score (nSPS) is 18.5. The first-order valence-corrected chi connectivity index (χ1v) is 11.4. The molecule has 1 saturated heterocycles. The maximum Gasteiger partial charge on any atom is 0.321 e. The Morgan fingerprint density at radius 2 is 1.48 bits per heavy atom. The fourth-order valence-electron chi connectivity index (χ4n) is 4.77. The molecule has 4 rings (SSSR count). The predicted molar refractivity (Wildman–Crippen MR) is 123 cm³/mol. The van der Waals surface area contributed by atoms with E-state index in [2.05, 4.69) is 15.5 Å². The number of piperazine rings is 1. The quantitative estimate of drug-likeness (QED) is 0.749. The van der Waals surface area contributed by atoms with E-state index in [0.717, 1.165) is 37.2 Å². The highest BCUT2D eigenvalue weighted by Gasteiger charge is 2.37. The van der Waals surface area contributed by atoms with Crippen LogP contribution in [0, 0.1) is 5.92 Å². The smallest absolute Gasteiger partial charge is 0.321 e. The summed E-state index contributed by atoms with van der Waals surface area (Å²) in [5.74, 6) is 0.526. The van der Waals surface area contributed by atoms with E-state index in [1.54, 1.807) is 0 Å². The summed E-state index contributed by atoms with van der Waals surface area (Å²) in [6.07, 6.45) is 4.62. The van der Waals surface area contributed by atoms with Crippen LogP contribution in [0.15, 0.2) is 60.7 Å². The second-order valence-corrected chi connectivity index (χ2v) is 8.51. The molecule has 1 aliphatic heterocycles. The Kier molecular flexibility index (Phi) is 7.20. The van der Waals surface area contributed by atoms with Crippen LogP contribution in [0.5, 0.6) is 0 Å². The molecule has 0 radical (unpaired) electrons. The maximum atomic E-state index is 13.2. The van der Waals surface area contributed by atoms with Gasteiger partial charge in [-0.15, -0.1) is 0 Å². The van der Waals surface area contributed by atoms with E-state index in [4.69, 9.17) is 0 Å². The maximum absolute atomic E-state index is 13.2. The lowest BCUT2D eigenvalue weighted by Gasteiger charge is -2.40. The van der Waals surface area contributed by atoms with Crippen LogP contribution in [0.4, 0.5) is 10.5 Å². The molecule has 0 bridgehead atoms. The van der Waals surface area contributed by atoms with Gasteiger partial charge in [0.15, 0.2) is 0 Å². The highest BCUT2D eigenvalue weighted by molar-refractivity contribution is 5.89. The number of urea groups is 1. The Hall–Kier alpha value is -2.86. The van der Waals surface area contributed by atoms with Gasteiger partial charge < -0.3 is 15.5 Å². The number of hydrogen-bond acceptors (Lipinski definition) is 3. The van der Waals surface area contributed by atoms with E-state index in [9.17, 15) is 9.59 Å². The minimum absolute atomic E-state index is 0.0724. The van der Waals surface area contributed by atoms with Crippen molar-refractivity contribution in [3.8, 4) is 0 Å². The van der Waals surface area contributed by atoms with E-state index >= 15 is 0 Å². The van der Waals surface area contributed by atoms with Crippen molar-refractivity contribution in [3.63, 3.8) is 0 Å². The average molecular weight is 421 g/mol. The summed E-state index contributed by atoms with van der Waals surface area (Å²) < 4.78 is 0. The molecule has 2 aromatic carbocycles. The number of hydrogen-bond donors (Lipinski definition) is 2. The van der Waals surface area contributed by atoms with Crippen LogP contribution in [-0.2, 0) is 11.3 Å². The Labute approximate surface area is 184 Å². The lowest BCUT2D eigenvalue weighted by atomic mass is 9.95. The molecular formula is C25H32N4O2. The molecule has 1 aliphatic carbocycles. The minimum atomic E-state index is -0.106. The molecule has 3 amide bonds. The monoisotopic (exact) mass is 420 g/mol. The number of amides is 3. The van der Waals surface area contributed by atoms with E-state index in [0.29, 0.717) is 25.6 Å². The number of anilines is 1. The van der Waals surface area contributed by atoms with Crippen molar-refractivity contribution >= 4 is 17.6 Å². The van der Waals surface area contributed by atoms with Crippen molar-refractivity contribution in [1.82, 2.24) is 15.1 Å². The van der Waals surface area contributed by atoms with Crippen LogP contribution in [0.3, 0.4) is 0 Å². The molecule has 6 heteroatoms. The van der Waals surface area contributed by atoms with Crippen LogP contribution in [0.2, 0.25) is 0 Å².